The van der Waals surface area contributed by atoms with Crippen LogP contribution in [-0.4, -0.2) is 37.0 Å². The van der Waals surface area contributed by atoms with Crippen molar-refractivity contribution in [3.05, 3.63) is 70.0 Å². The van der Waals surface area contributed by atoms with Gasteiger partial charge in [0.1, 0.15) is 0 Å². The minimum atomic E-state index is -0.233. The van der Waals surface area contributed by atoms with E-state index in [-0.39, 0.29) is 24.6 Å². The maximum atomic E-state index is 12.0. The molecule has 3 aromatic rings. The second kappa shape index (κ2) is 7.08. The Morgan fingerprint density at radius 3 is 2.56 bits per heavy atom. The van der Waals surface area contributed by atoms with Gasteiger partial charge in [-0.05, 0) is 38.1 Å². The number of nitrogens with zero attached hydrogens (tertiary/aromatic N) is 5. The van der Waals surface area contributed by atoms with Gasteiger partial charge in [0.25, 0.3) is 11.5 Å². The van der Waals surface area contributed by atoms with E-state index in [9.17, 15) is 9.59 Å². The summed E-state index contributed by atoms with van der Waals surface area (Å²) >= 11 is 0. The first kappa shape index (κ1) is 16.6. The third kappa shape index (κ3) is 3.79. The van der Waals surface area contributed by atoms with Crippen molar-refractivity contribution < 1.29 is 4.79 Å². The van der Waals surface area contributed by atoms with Crippen molar-refractivity contribution in [1.29, 1.82) is 0 Å². The Kier molecular flexibility index (Phi) is 4.69. The number of aryl methyl sites for hydroxylation is 2. The van der Waals surface area contributed by atoms with Crippen molar-refractivity contribution in [2.24, 2.45) is 0 Å². The maximum absolute atomic E-state index is 12.0. The molecule has 0 fully saturated rings. The summed E-state index contributed by atoms with van der Waals surface area (Å²) in [5, 5.41) is 11.5. The first-order chi connectivity index (χ1) is 12.0. The van der Waals surface area contributed by atoms with Crippen molar-refractivity contribution in [3.8, 4) is 5.82 Å². The van der Waals surface area contributed by atoms with Crippen molar-refractivity contribution in [3.63, 3.8) is 0 Å². The SMILES string of the molecule is Cc1cc(C)n(-c2ccc(=O)n(CCNC(=O)c3ccncc3)n2)n1. The van der Waals surface area contributed by atoms with Crippen molar-refractivity contribution in [2.45, 2.75) is 20.4 Å². The molecule has 3 aromatic heterocycles. The molecule has 1 amide bonds. The Bertz CT molecular complexity index is 945. The second-order valence-electron chi connectivity index (χ2n) is 5.58. The van der Waals surface area contributed by atoms with E-state index in [1.54, 1.807) is 35.3 Å². The second-order valence-corrected chi connectivity index (χ2v) is 5.58. The monoisotopic (exact) mass is 338 g/mol. The molecular weight excluding hydrogens is 320 g/mol. The molecule has 0 atom stereocenters. The van der Waals surface area contributed by atoms with E-state index in [4.69, 9.17) is 0 Å². The highest BCUT2D eigenvalue weighted by molar-refractivity contribution is 5.93. The van der Waals surface area contributed by atoms with Crippen molar-refractivity contribution >= 4 is 5.91 Å². The number of nitrogens with one attached hydrogen (secondary N) is 1. The zero-order valence-electron chi connectivity index (χ0n) is 14.0. The van der Waals surface area contributed by atoms with E-state index in [0.29, 0.717) is 11.4 Å². The molecule has 0 aliphatic rings. The van der Waals surface area contributed by atoms with Gasteiger partial charge in [-0.25, -0.2) is 9.36 Å². The predicted molar refractivity (Wildman–Crippen MR) is 91.7 cm³/mol. The quantitative estimate of drug-likeness (QED) is 0.745. The van der Waals surface area contributed by atoms with Gasteiger partial charge in [-0.1, -0.05) is 0 Å². The van der Waals surface area contributed by atoms with E-state index in [1.807, 2.05) is 19.9 Å². The van der Waals surface area contributed by atoms with Crippen molar-refractivity contribution in [1.82, 2.24) is 29.9 Å². The number of carbonyl (C=O) groups is 1. The number of hydrogen-bond acceptors (Lipinski definition) is 5. The van der Waals surface area contributed by atoms with Crippen LogP contribution >= 0.6 is 0 Å². The predicted octanol–water partition coefficient (Wildman–Crippen LogP) is 0.871. The third-order valence-electron chi connectivity index (χ3n) is 3.63. The summed E-state index contributed by atoms with van der Waals surface area (Å²) in [7, 11) is 0. The van der Waals surface area contributed by atoms with Crippen LogP contribution in [0.4, 0.5) is 0 Å². The molecule has 0 aliphatic heterocycles. The highest BCUT2D eigenvalue weighted by atomic mass is 16.2. The Labute approximate surface area is 144 Å². The van der Waals surface area contributed by atoms with Gasteiger partial charge in [0.2, 0.25) is 0 Å². The number of hydrogen-bond donors (Lipinski definition) is 1. The molecule has 8 heteroatoms. The summed E-state index contributed by atoms with van der Waals surface area (Å²) < 4.78 is 3.00. The van der Waals surface area contributed by atoms with Crippen LogP contribution in [0, 0.1) is 13.8 Å². The van der Waals surface area contributed by atoms with Crippen LogP contribution in [0.5, 0.6) is 0 Å². The van der Waals surface area contributed by atoms with Gasteiger partial charge in [0.15, 0.2) is 5.82 Å². The summed E-state index contributed by atoms with van der Waals surface area (Å²) in [5.41, 5.74) is 2.10. The fourth-order valence-electron chi connectivity index (χ4n) is 2.45. The van der Waals surface area contributed by atoms with E-state index < -0.39 is 0 Å². The molecule has 128 valence electrons. The average Bonchev–Trinajstić information content (AvgIpc) is 2.95. The Balaban J connectivity index is 1.70. The highest BCUT2D eigenvalue weighted by Crippen LogP contribution is 2.07. The first-order valence-electron chi connectivity index (χ1n) is 7.84. The number of pyridine rings is 1. The van der Waals surface area contributed by atoms with E-state index in [1.165, 1.54) is 10.7 Å². The molecule has 25 heavy (non-hydrogen) atoms. The summed E-state index contributed by atoms with van der Waals surface area (Å²) in [6, 6.07) is 8.27. The lowest BCUT2D eigenvalue weighted by molar-refractivity contribution is 0.0951. The first-order valence-corrected chi connectivity index (χ1v) is 7.84. The average molecular weight is 338 g/mol. The molecule has 0 saturated carbocycles. The van der Waals surface area contributed by atoms with Gasteiger partial charge < -0.3 is 5.32 Å². The fraction of sp³-hybridized carbons (Fsp3) is 0.235. The minimum absolute atomic E-state index is 0.217. The molecule has 0 radical (unpaired) electrons. The van der Waals surface area contributed by atoms with Crippen LogP contribution in [0.15, 0.2) is 47.5 Å². The number of aromatic nitrogens is 5. The molecule has 1 N–H and O–H groups in total. The van der Waals surface area contributed by atoms with Gasteiger partial charge in [0.05, 0.1) is 12.2 Å². The minimum Gasteiger partial charge on any atom is -0.350 e. The summed E-state index contributed by atoms with van der Waals surface area (Å²) in [4.78, 5) is 27.9. The molecule has 0 aromatic carbocycles. The Morgan fingerprint density at radius 2 is 1.88 bits per heavy atom. The maximum Gasteiger partial charge on any atom is 0.266 e. The third-order valence-corrected chi connectivity index (χ3v) is 3.63. The van der Waals surface area contributed by atoms with Crippen LogP contribution in [-0.2, 0) is 6.54 Å². The van der Waals surface area contributed by atoms with Gasteiger partial charge >= 0.3 is 0 Å². The highest BCUT2D eigenvalue weighted by Gasteiger charge is 2.08. The summed E-state index contributed by atoms with van der Waals surface area (Å²) in [6.07, 6.45) is 3.11. The van der Waals surface area contributed by atoms with E-state index >= 15 is 0 Å². The van der Waals surface area contributed by atoms with Crippen molar-refractivity contribution in [2.75, 3.05) is 6.54 Å². The number of carbonyl (C=O) groups excluding carboxylic acids is 1. The van der Waals surface area contributed by atoms with Gasteiger partial charge in [-0.3, -0.25) is 14.6 Å². The largest absolute Gasteiger partial charge is 0.350 e. The zero-order chi connectivity index (χ0) is 17.8. The standard InChI is InChI=1S/C17H18N6O2/c1-12-11-13(2)23(20-12)15-3-4-16(24)22(21-15)10-9-19-17(25)14-5-7-18-8-6-14/h3-8,11H,9-10H2,1-2H3,(H,19,25). The van der Waals surface area contributed by atoms with Gasteiger partial charge in [-0.15, -0.1) is 5.10 Å². The van der Waals surface area contributed by atoms with Gasteiger partial charge in [0, 0.05) is 36.3 Å². The van der Waals surface area contributed by atoms with Crippen LogP contribution in [0.25, 0.3) is 5.82 Å². The Hall–Kier alpha value is -3.29. The van der Waals surface area contributed by atoms with E-state index in [0.717, 1.165) is 11.4 Å². The lowest BCUT2D eigenvalue weighted by Gasteiger charge is -2.09. The lowest BCUT2D eigenvalue weighted by atomic mass is 10.2. The van der Waals surface area contributed by atoms with E-state index in [2.05, 4.69) is 20.5 Å². The molecule has 0 aliphatic carbocycles. The summed E-state index contributed by atoms with van der Waals surface area (Å²) in [6.45, 7) is 4.37. The molecule has 3 rings (SSSR count). The van der Waals surface area contributed by atoms with Gasteiger partial charge in [-0.2, -0.15) is 5.10 Å². The molecule has 0 bridgehead atoms. The molecule has 0 saturated heterocycles. The molecule has 3 heterocycles. The number of amides is 1. The zero-order valence-corrected chi connectivity index (χ0v) is 14.0. The van der Waals surface area contributed by atoms with Crippen LogP contribution < -0.4 is 10.9 Å². The molecule has 0 unspecified atom stereocenters. The molecule has 8 nitrogen and oxygen atoms in total. The molecule has 0 spiro atoms. The molecular formula is C17H18N6O2. The lowest BCUT2D eigenvalue weighted by Crippen LogP contribution is -2.32. The normalized spacial score (nSPS) is 10.6. The Morgan fingerprint density at radius 1 is 1.12 bits per heavy atom. The summed E-state index contributed by atoms with van der Waals surface area (Å²) in [5.74, 6) is 0.343. The smallest absolute Gasteiger partial charge is 0.266 e. The fourth-order valence-corrected chi connectivity index (χ4v) is 2.45. The van der Waals surface area contributed by atoms with Crippen LogP contribution in [0.3, 0.4) is 0 Å². The number of rotatable bonds is 5. The topological polar surface area (TPSA) is 94.7 Å². The van der Waals surface area contributed by atoms with Crippen LogP contribution in [0.1, 0.15) is 21.7 Å². The van der Waals surface area contributed by atoms with Crippen LogP contribution in [0.2, 0.25) is 0 Å².